The Morgan fingerprint density at radius 2 is 1.96 bits per heavy atom. The number of benzene rings is 1. The first-order valence-corrected chi connectivity index (χ1v) is 9.29. The van der Waals surface area contributed by atoms with E-state index in [0.29, 0.717) is 6.54 Å². The van der Waals surface area contributed by atoms with Crippen LogP contribution >= 0.6 is 0 Å². The fourth-order valence-electron chi connectivity index (χ4n) is 4.59. The predicted octanol–water partition coefficient (Wildman–Crippen LogP) is 2.20. The minimum Gasteiger partial charge on any atom is -0.453 e. The van der Waals surface area contributed by atoms with Crippen molar-refractivity contribution >= 4 is 17.1 Å². The zero-order valence-electron chi connectivity index (χ0n) is 15.4. The number of ether oxygens (including phenoxy) is 1. The highest BCUT2D eigenvalue weighted by molar-refractivity contribution is 5.75. The maximum absolute atomic E-state index is 12.4. The number of carbonyl (C=O) groups excluding carboxylic acids is 1. The normalized spacial score (nSPS) is 25.1. The lowest BCUT2D eigenvalue weighted by Crippen LogP contribution is -2.52. The van der Waals surface area contributed by atoms with Crippen LogP contribution in [0.5, 0.6) is 0 Å². The molecule has 0 saturated carbocycles. The summed E-state index contributed by atoms with van der Waals surface area (Å²) in [5.41, 5.74) is 1.86. The maximum Gasteiger partial charge on any atom is 0.409 e. The SMILES string of the molecule is COC(=O)N1CC[C@](C)(N2CCC(n3c(=O)[nH]c4ccccc43)CC2)C1. The molecule has 0 spiro atoms. The molecule has 4 rings (SSSR count). The smallest absolute Gasteiger partial charge is 0.409 e. The molecule has 0 unspecified atom stereocenters. The van der Waals surface area contributed by atoms with E-state index in [1.807, 2.05) is 28.8 Å². The minimum atomic E-state index is -0.242. The molecule has 2 aromatic rings. The van der Waals surface area contributed by atoms with Crippen LogP contribution in [-0.2, 0) is 4.74 Å². The lowest BCUT2D eigenvalue weighted by molar-refractivity contribution is 0.0662. The first kappa shape index (κ1) is 17.1. The molecule has 1 aromatic carbocycles. The maximum atomic E-state index is 12.4. The third-order valence-electron chi connectivity index (χ3n) is 6.10. The second-order valence-corrected chi connectivity index (χ2v) is 7.67. The number of amides is 1. The Balaban J connectivity index is 1.47. The number of piperidine rings is 1. The lowest BCUT2D eigenvalue weighted by atomic mass is 9.94. The van der Waals surface area contributed by atoms with Gasteiger partial charge in [0.1, 0.15) is 0 Å². The largest absolute Gasteiger partial charge is 0.453 e. The number of imidazole rings is 1. The molecular formula is C19H26N4O3. The summed E-state index contributed by atoms with van der Waals surface area (Å²) in [4.78, 5) is 31.4. The summed E-state index contributed by atoms with van der Waals surface area (Å²) in [6.45, 7) is 5.54. The van der Waals surface area contributed by atoms with E-state index in [-0.39, 0.29) is 23.4 Å². The molecule has 0 aliphatic carbocycles. The van der Waals surface area contributed by atoms with Crippen molar-refractivity contribution in [2.24, 2.45) is 0 Å². The zero-order valence-corrected chi connectivity index (χ0v) is 15.4. The summed E-state index contributed by atoms with van der Waals surface area (Å²) in [6, 6.07) is 8.09. The quantitative estimate of drug-likeness (QED) is 0.893. The molecular weight excluding hydrogens is 332 g/mol. The van der Waals surface area contributed by atoms with Gasteiger partial charge in [0.2, 0.25) is 0 Å². The summed E-state index contributed by atoms with van der Waals surface area (Å²) < 4.78 is 6.78. The molecule has 7 nitrogen and oxygen atoms in total. The Morgan fingerprint density at radius 3 is 2.69 bits per heavy atom. The van der Waals surface area contributed by atoms with E-state index in [0.717, 1.165) is 49.9 Å². The van der Waals surface area contributed by atoms with Crippen molar-refractivity contribution in [2.75, 3.05) is 33.3 Å². The number of nitrogens with zero attached hydrogens (tertiary/aromatic N) is 3. The molecule has 1 atom stereocenters. The number of carbonyl (C=O) groups is 1. The van der Waals surface area contributed by atoms with Gasteiger partial charge in [-0.3, -0.25) is 9.47 Å². The van der Waals surface area contributed by atoms with E-state index < -0.39 is 0 Å². The average molecular weight is 358 g/mol. The van der Waals surface area contributed by atoms with E-state index in [2.05, 4.69) is 16.8 Å². The molecule has 0 radical (unpaired) electrons. The van der Waals surface area contributed by atoms with Crippen molar-refractivity contribution in [3.05, 3.63) is 34.7 Å². The average Bonchev–Trinajstić information content (AvgIpc) is 3.21. The number of hydrogen-bond acceptors (Lipinski definition) is 4. The fraction of sp³-hybridized carbons (Fsp3) is 0.579. The highest BCUT2D eigenvalue weighted by Gasteiger charge is 2.42. The number of H-pyrrole nitrogens is 1. The van der Waals surface area contributed by atoms with Crippen LogP contribution in [0.2, 0.25) is 0 Å². The molecule has 3 heterocycles. The number of fused-ring (bicyclic) bond motifs is 1. The van der Waals surface area contributed by atoms with Gasteiger partial charge in [0.05, 0.1) is 18.1 Å². The molecule has 7 heteroatoms. The van der Waals surface area contributed by atoms with Gasteiger partial charge in [-0.25, -0.2) is 9.59 Å². The second-order valence-electron chi connectivity index (χ2n) is 7.67. The van der Waals surface area contributed by atoms with Crippen LogP contribution in [0.15, 0.2) is 29.1 Å². The van der Waals surface area contributed by atoms with Gasteiger partial charge < -0.3 is 14.6 Å². The van der Waals surface area contributed by atoms with Crippen LogP contribution in [0.4, 0.5) is 4.79 Å². The van der Waals surface area contributed by atoms with E-state index in [1.165, 1.54) is 7.11 Å². The van der Waals surface area contributed by atoms with Crippen molar-refractivity contribution in [3.8, 4) is 0 Å². The summed E-state index contributed by atoms with van der Waals surface area (Å²) >= 11 is 0. The Hall–Kier alpha value is -2.28. The number of aromatic nitrogens is 2. The summed E-state index contributed by atoms with van der Waals surface area (Å²) in [5.74, 6) is 0. The van der Waals surface area contributed by atoms with Gasteiger partial charge in [0.15, 0.2) is 0 Å². The number of para-hydroxylation sites is 2. The van der Waals surface area contributed by atoms with Crippen LogP contribution in [0.25, 0.3) is 11.0 Å². The molecule has 2 aliphatic rings. The van der Waals surface area contributed by atoms with Crippen molar-refractivity contribution in [2.45, 2.75) is 37.8 Å². The summed E-state index contributed by atoms with van der Waals surface area (Å²) in [7, 11) is 1.43. The van der Waals surface area contributed by atoms with Crippen LogP contribution in [0, 0.1) is 0 Å². The molecule has 1 N–H and O–H groups in total. The van der Waals surface area contributed by atoms with Gasteiger partial charge in [-0.15, -0.1) is 0 Å². The molecule has 2 saturated heterocycles. The summed E-state index contributed by atoms with van der Waals surface area (Å²) in [5, 5.41) is 0. The molecule has 1 amide bonds. The van der Waals surface area contributed by atoms with E-state index in [9.17, 15) is 9.59 Å². The summed E-state index contributed by atoms with van der Waals surface area (Å²) in [6.07, 6.45) is 2.60. The predicted molar refractivity (Wildman–Crippen MR) is 99.4 cm³/mol. The Labute approximate surface area is 152 Å². The van der Waals surface area contributed by atoms with E-state index >= 15 is 0 Å². The lowest BCUT2D eigenvalue weighted by Gasteiger charge is -2.43. The third kappa shape index (κ3) is 2.80. The van der Waals surface area contributed by atoms with Gasteiger partial charge in [0, 0.05) is 37.8 Å². The molecule has 2 aliphatic heterocycles. The van der Waals surface area contributed by atoms with Crippen LogP contribution in [0.1, 0.15) is 32.2 Å². The minimum absolute atomic E-state index is 0.00959. The molecule has 1 aromatic heterocycles. The number of rotatable bonds is 2. The first-order valence-electron chi connectivity index (χ1n) is 9.29. The van der Waals surface area contributed by atoms with E-state index in [4.69, 9.17) is 4.74 Å². The molecule has 26 heavy (non-hydrogen) atoms. The van der Waals surface area contributed by atoms with Crippen molar-refractivity contribution in [1.29, 1.82) is 0 Å². The highest BCUT2D eigenvalue weighted by Crippen LogP contribution is 2.33. The number of methoxy groups -OCH3 is 1. The van der Waals surface area contributed by atoms with Crippen LogP contribution in [-0.4, -0.2) is 64.3 Å². The Bertz CT molecular complexity index is 865. The molecule has 140 valence electrons. The van der Waals surface area contributed by atoms with Gasteiger partial charge >= 0.3 is 11.8 Å². The second kappa shape index (κ2) is 6.46. The number of aromatic amines is 1. The topological polar surface area (TPSA) is 70.6 Å². The van der Waals surface area contributed by atoms with Crippen molar-refractivity contribution < 1.29 is 9.53 Å². The highest BCUT2D eigenvalue weighted by atomic mass is 16.5. The number of hydrogen-bond donors (Lipinski definition) is 1. The van der Waals surface area contributed by atoms with Gasteiger partial charge in [-0.05, 0) is 38.3 Å². The number of likely N-dealkylation sites (tertiary alicyclic amines) is 2. The van der Waals surface area contributed by atoms with Crippen molar-refractivity contribution in [3.63, 3.8) is 0 Å². The van der Waals surface area contributed by atoms with E-state index in [1.54, 1.807) is 4.90 Å². The van der Waals surface area contributed by atoms with Crippen molar-refractivity contribution in [1.82, 2.24) is 19.4 Å². The van der Waals surface area contributed by atoms with Gasteiger partial charge in [0.25, 0.3) is 0 Å². The Morgan fingerprint density at radius 1 is 1.23 bits per heavy atom. The Kier molecular flexibility index (Phi) is 4.26. The standard InChI is InChI=1S/C19H26N4O3/c1-19(9-12-21(13-19)18(25)26-2)22-10-7-14(8-11-22)23-16-6-4-3-5-15(16)20-17(23)24/h3-6,14H,7-13H2,1-2H3,(H,20,24)/t19-/m0/s1. The molecule has 0 bridgehead atoms. The monoisotopic (exact) mass is 358 g/mol. The van der Waals surface area contributed by atoms with Crippen LogP contribution in [0.3, 0.4) is 0 Å². The van der Waals surface area contributed by atoms with Gasteiger partial charge in [-0.2, -0.15) is 0 Å². The van der Waals surface area contributed by atoms with Crippen LogP contribution < -0.4 is 5.69 Å². The first-order chi connectivity index (χ1) is 12.5. The zero-order chi connectivity index (χ0) is 18.3. The fourth-order valence-corrected chi connectivity index (χ4v) is 4.59. The number of nitrogens with one attached hydrogen (secondary N) is 1. The third-order valence-corrected chi connectivity index (χ3v) is 6.10. The van der Waals surface area contributed by atoms with Gasteiger partial charge in [-0.1, -0.05) is 12.1 Å². The molecule has 2 fully saturated rings.